The van der Waals surface area contributed by atoms with Gasteiger partial charge in [0.15, 0.2) is 0 Å². The van der Waals surface area contributed by atoms with E-state index < -0.39 is 0 Å². The summed E-state index contributed by atoms with van der Waals surface area (Å²) in [5.41, 5.74) is 2.06. The van der Waals surface area contributed by atoms with Gasteiger partial charge in [0.1, 0.15) is 0 Å². The molecule has 0 radical (unpaired) electrons. The van der Waals surface area contributed by atoms with Crippen LogP contribution < -0.4 is 0 Å². The van der Waals surface area contributed by atoms with Gasteiger partial charge in [-0.05, 0) is 35.0 Å². The van der Waals surface area contributed by atoms with E-state index in [2.05, 4.69) is 0 Å². The largest absolute Gasteiger partial charge is 0.377 e. The molecular formula is C30H24N2O6. The van der Waals surface area contributed by atoms with Crippen LogP contribution >= 0.6 is 0 Å². The molecule has 0 spiro atoms. The van der Waals surface area contributed by atoms with Gasteiger partial charge in [-0.2, -0.15) is 0 Å². The predicted molar refractivity (Wildman–Crippen MR) is 140 cm³/mol. The van der Waals surface area contributed by atoms with Crippen molar-refractivity contribution in [2.75, 3.05) is 39.5 Å². The zero-order valence-electron chi connectivity index (χ0n) is 20.5. The highest BCUT2D eigenvalue weighted by Gasteiger charge is 2.33. The molecule has 0 fully saturated rings. The topological polar surface area (TPSA) is 93.2 Å². The quantitative estimate of drug-likeness (QED) is 0.251. The molecule has 0 saturated carbocycles. The van der Waals surface area contributed by atoms with Gasteiger partial charge < -0.3 is 9.47 Å². The number of carbonyl (C=O) groups is 4. The normalized spacial score (nSPS) is 14.7. The van der Waals surface area contributed by atoms with Crippen molar-refractivity contribution in [2.45, 2.75) is 0 Å². The van der Waals surface area contributed by atoms with Crippen LogP contribution in [0.25, 0.3) is 21.5 Å². The van der Waals surface area contributed by atoms with Gasteiger partial charge in [-0.15, -0.1) is 0 Å². The molecule has 0 saturated heterocycles. The lowest BCUT2D eigenvalue weighted by Gasteiger charge is -2.27. The Morgan fingerprint density at radius 3 is 1.08 bits per heavy atom. The number of hydrogen-bond acceptors (Lipinski definition) is 6. The predicted octanol–water partition coefficient (Wildman–Crippen LogP) is 3.92. The van der Waals surface area contributed by atoms with Gasteiger partial charge in [-0.1, -0.05) is 48.5 Å². The summed E-state index contributed by atoms with van der Waals surface area (Å²) in [5, 5.41) is 3.12. The minimum atomic E-state index is -0.327. The van der Waals surface area contributed by atoms with Gasteiger partial charge in [0.25, 0.3) is 23.6 Å². The Morgan fingerprint density at radius 1 is 0.447 bits per heavy atom. The molecule has 0 bridgehead atoms. The van der Waals surface area contributed by atoms with E-state index in [1.54, 1.807) is 24.3 Å². The standard InChI is InChI=1S/C30H24N2O6/c33-27-21-9-1-5-19-6-2-10-22(25(19)21)28(34)31(27)13-15-37-17-18-38-16-14-32-29(35)23-11-3-7-20-8-4-12-24(26(20)23)30(32)36/h1-12H,13-18H2. The molecule has 2 aliphatic heterocycles. The van der Waals surface area contributed by atoms with Crippen molar-refractivity contribution in [1.29, 1.82) is 0 Å². The first-order valence-electron chi connectivity index (χ1n) is 12.5. The number of benzene rings is 4. The Kier molecular flexibility index (Phi) is 6.19. The number of amides is 4. The van der Waals surface area contributed by atoms with Crippen LogP contribution in [0.1, 0.15) is 41.4 Å². The highest BCUT2D eigenvalue weighted by molar-refractivity contribution is 6.26. The molecule has 0 aromatic heterocycles. The maximum Gasteiger partial charge on any atom is 0.261 e. The molecule has 0 atom stereocenters. The lowest BCUT2D eigenvalue weighted by molar-refractivity contribution is 0.0264. The van der Waals surface area contributed by atoms with Crippen LogP contribution in [0.2, 0.25) is 0 Å². The van der Waals surface area contributed by atoms with E-state index in [0.717, 1.165) is 10.8 Å². The zero-order chi connectivity index (χ0) is 26.2. The number of hydrogen-bond donors (Lipinski definition) is 0. The van der Waals surface area contributed by atoms with E-state index in [-0.39, 0.29) is 63.1 Å². The van der Waals surface area contributed by atoms with Crippen LogP contribution in [0.4, 0.5) is 0 Å². The number of imide groups is 2. The average Bonchev–Trinajstić information content (AvgIpc) is 2.94. The molecule has 0 unspecified atom stereocenters. The van der Waals surface area contributed by atoms with Crippen molar-refractivity contribution >= 4 is 45.2 Å². The van der Waals surface area contributed by atoms with Crippen LogP contribution in [-0.4, -0.2) is 72.9 Å². The summed E-state index contributed by atoms with van der Waals surface area (Å²) in [5.74, 6) is -1.31. The number of ether oxygens (including phenoxy) is 2. The third-order valence-corrected chi connectivity index (χ3v) is 7.00. The molecule has 4 aromatic rings. The lowest BCUT2D eigenvalue weighted by Crippen LogP contribution is -2.42. The Labute approximate surface area is 218 Å². The maximum atomic E-state index is 12.9. The third-order valence-electron chi connectivity index (χ3n) is 7.00. The SMILES string of the molecule is O=C1c2cccc3cccc(c23)C(=O)N1CCOCCOCCN1C(=O)c2cccc3cccc(c23)C1=O. The highest BCUT2D eigenvalue weighted by atomic mass is 16.5. The van der Waals surface area contributed by atoms with E-state index in [1.165, 1.54) is 9.80 Å². The average molecular weight is 509 g/mol. The molecule has 4 aromatic carbocycles. The van der Waals surface area contributed by atoms with Crippen LogP contribution in [-0.2, 0) is 9.47 Å². The smallest absolute Gasteiger partial charge is 0.261 e. The van der Waals surface area contributed by atoms with Crippen molar-refractivity contribution in [3.05, 3.63) is 95.1 Å². The first kappa shape index (κ1) is 24.0. The Bertz CT molecular complexity index is 1410. The van der Waals surface area contributed by atoms with Crippen molar-refractivity contribution in [3.63, 3.8) is 0 Å². The molecule has 0 N–H and O–H groups in total. The molecule has 6 rings (SSSR count). The summed E-state index contributed by atoms with van der Waals surface area (Å²) < 4.78 is 11.2. The molecule has 4 amide bonds. The van der Waals surface area contributed by atoms with Gasteiger partial charge in [0.05, 0.1) is 39.5 Å². The van der Waals surface area contributed by atoms with Crippen molar-refractivity contribution in [3.8, 4) is 0 Å². The molecule has 190 valence electrons. The van der Waals surface area contributed by atoms with Crippen LogP contribution in [0.5, 0.6) is 0 Å². The number of nitrogens with zero attached hydrogens (tertiary/aromatic N) is 2. The van der Waals surface area contributed by atoms with E-state index in [0.29, 0.717) is 33.0 Å². The fourth-order valence-electron chi connectivity index (χ4n) is 5.20. The van der Waals surface area contributed by atoms with Gasteiger partial charge in [0, 0.05) is 33.0 Å². The molecule has 2 aliphatic rings. The first-order chi connectivity index (χ1) is 18.6. The molecule has 0 aliphatic carbocycles. The Balaban J connectivity index is 0.973. The summed E-state index contributed by atoms with van der Waals surface area (Å²) >= 11 is 0. The second-order valence-corrected chi connectivity index (χ2v) is 9.17. The molecule has 8 heteroatoms. The fourth-order valence-corrected chi connectivity index (χ4v) is 5.20. The number of rotatable bonds is 9. The van der Waals surface area contributed by atoms with Crippen molar-refractivity contribution in [2.24, 2.45) is 0 Å². The molecule has 38 heavy (non-hydrogen) atoms. The summed E-state index contributed by atoms with van der Waals surface area (Å²) in [6.45, 7) is 1.08. The van der Waals surface area contributed by atoms with E-state index in [4.69, 9.17) is 9.47 Å². The molecule has 2 heterocycles. The maximum absolute atomic E-state index is 12.9. The van der Waals surface area contributed by atoms with E-state index >= 15 is 0 Å². The van der Waals surface area contributed by atoms with E-state index in [1.807, 2.05) is 48.5 Å². The summed E-state index contributed by atoms with van der Waals surface area (Å²) in [7, 11) is 0. The summed E-state index contributed by atoms with van der Waals surface area (Å²) in [6, 6.07) is 21.7. The first-order valence-corrected chi connectivity index (χ1v) is 12.5. The Hall–Kier alpha value is -4.40. The summed E-state index contributed by atoms with van der Waals surface area (Å²) in [6.07, 6.45) is 0. The van der Waals surface area contributed by atoms with Crippen molar-refractivity contribution < 1.29 is 28.7 Å². The van der Waals surface area contributed by atoms with E-state index in [9.17, 15) is 19.2 Å². The van der Waals surface area contributed by atoms with Gasteiger partial charge in [0.2, 0.25) is 0 Å². The number of carbonyl (C=O) groups excluding carboxylic acids is 4. The minimum Gasteiger partial charge on any atom is -0.377 e. The third kappa shape index (κ3) is 3.95. The van der Waals surface area contributed by atoms with Crippen molar-refractivity contribution in [1.82, 2.24) is 9.80 Å². The minimum absolute atomic E-state index is 0.129. The molecule has 8 nitrogen and oxygen atoms in total. The van der Waals surface area contributed by atoms with Gasteiger partial charge >= 0.3 is 0 Å². The van der Waals surface area contributed by atoms with Crippen LogP contribution in [0, 0.1) is 0 Å². The second kappa shape index (κ2) is 9.81. The van der Waals surface area contributed by atoms with Gasteiger partial charge in [-0.25, -0.2) is 0 Å². The second-order valence-electron chi connectivity index (χ2n) is 9.17. The Morgan fingerprint density at radius 2 is 0.763 bits per heavy atom. The fraction of sp³-hybridized carbons (Fsp3) is 0.200. The van der Waals surface area contributed by atoms with Gasteiger partial charge in [-0.3, -0.25) is 29.0 Å². The molecular weight excluding hydrogens is 484 g/mol. The van der Waals surface area contributed by atoms with Crippen LogP contribution in [0.15, 0.2) is 72.8 Å². The van der Waals surface area contributed by atoms with Crippen LogP contribution in [0.3, 0.4) is 0 Å². The zero-order valence-corrected chi connectivity index (χ0v) is 20.5. The highest BCUT2D eigenvalue weighted by Crippen LogP contribution is 2.31. The summed E-state index contributed by atoms with van der Waals surface area (Å²) in [4.78, 5) is 54.1. The monoisotopic (exact) mass is 508 g/mol. The lowest BCUT2D eigenvalue weighted by atomic mass is 9.94.